The Hall–Kier alpha value is -2.75. The lowest BCUT2D eigenvalue weighted by Gasteiger charge is -2.32. The molecule has 3 rings (SSSR count). The van der Waals surface area contributed by atoms with E-state index in [0.717, 1.165) is 44.5 Å². The van der Waals surface area contributed by atoms with Gasteiger partial charge >= 0.3 is 0 Å². The highest BCUT2D eigenvalue weighted by Gasteiger charge is 2.20. The normalized spacial score (nSPS) is 15.2. The molecular weight excluding hydrogens is 440 g/mol. The van der Waals surface area contributed by atoms with Gasteiger partial charge in [0.25, 0.3) is 5.91 Å². The summed E-state index contributed by atoms with van der Waals surface area (Å²) in [5.74, 6) is -0.325. The van der Waals surface area contributed by atoms with Crippen molar-refractivity contribution in [2.24, 2.45) is 0 Å². The van der Waals surface area contributed by atoms with Gasteiger partial charge in [-0.1, -0.05) is 19.1 Å². The fraction of sp³-hybridized carbons (Fsp3) is 0.417. The van der Waals surface area contributed by atoms with E-state index in [9.17, 15) is 18.0 Å². The van der Waals surface area contributed by atoms with Crippen LogP contribution in [0.3, 0.4) is 0 Å². The van der Waals surface area contributed by atoms with Crippen molar-refractivity contribution in [1.29, 1.82) is 0 Å². The predicted octanol–water partition coefficient (Wildman–Crippen LogP) is 2.73. The van der Waals surface area contributed by atoms with Crippen molar-refractivity contribution in [3.63, 3.8) is 0 Å². The number of anilines is 1. The van der Waals surface area contributed by atoms with E-state index in [1.165, 1.54) is 31.2 Å². The van der Waals surface area contributed by atoms with Gasteiger partial charge in [0.05, 0.1) is 4.90 Å². The predicted molar refractivity (Wildman–Crippen MR) is 128 cm³/mol. The second kappa shape index (κ2) is 11.4. The highest BCUT2D eigenvalue weighted by atomic mass is 32.2. The van der Waals surface area contributed by atoms with Crippen LogP contribution in [0.2, 0.25) is 0 Å². The molecule has 1 heterocycles. The first-order chi connectivity index (χ1) is 15.8. The van der Waals surface area contributed by atoms with E-state index in [1.54, 1.807) is 24.3 Å². The van der Waals surface area contributed by atoms with E-state index in [1.807, 2.05) is 0 Å². The monoisotopic (exact) mass is 472 g/mol. The number of rotatable bonds is 9. The maximum atomic E-state index is 12.6. The van der Waals surface area contributed by atoms with Crippen molar-refractivity contribution in [3.05, 3.63) is 59.7 Å². The van der Waals surface area contributed by atoms with Crippen LogP contribution in [0.5, 0.6) is 0 Å². The summed E-state index contributed by atoms with van der Waals surface area (Å²) in [6, 6.07) is 13.1. The summed E-state index contributed by atoms with van der Waals surface area (Å²) in [5.41, 5.74) is 1.84. The average molecular weight is 473 g/mol. The van der Waals surface area contributed by atoms with Crippen LogP contribution in [-0.4, -0.2) is 50.8 Å². The Balaban J connectivity index is 1.50. The van der Waals surface area contributed by atoms with Crippen LogP contribution in [0.15, 0.2) is 53.4 Å². The van der Waals surface area contributed by atoms with E-state index < -0.39 is 10.0 Å². The molecule has 1 aliphatic rings. The number of piperidine rings is 1. The molecule has 9 heteroatoms. The Morgan fingerprint density at radius 3 is 2.21 bits per heavy atom. The second-order valence-electron chi connectivity index (χ2n) is 8.32. The summed E-state index contributed by atoms with van der Waals surface area (Å²) in [6.45, 7) is 6.79. The highest BCUT2D eigenvalue weighted by Crippen LogP contribution is 2.15. The summed E-state index contributed by atoms with van der Waals surface area (Å²) < 4.78 is 27.6. The van der Waals surface area contributed by atoms with Gasteiger partial charge in [-0.3, -0.25) is 9.59 Å². The Morgan fingerprint density at radius 1 is 1.00 bits per heavy atom. The standard InChI is InChI=1S/C24H32N4O4S/c1-3-14-28-15-12-22(13-16-28)27-24(30)20-6-4-19(5-7-20)17-25-33(31,32)23-10-8-21(9-11-23)26-18(2)29/h4-11,22,25H,3,12-17H2,1-2H3,(H,26,29)(H,27,30). The van der Waals surface area contributed by atoms with Gasteiger partial charge in [-0.25, -0.2) is 13.1 Å². The molecule has 0 unspecified atom stereocenters. The Kier molecular flexibility index (Phi) is 8.60. The second-order valence-corrected chi connectivity index (χ2v) is 10.1. The van der Waals surface area contributed by atoms with Crippen LogP contribution >= 0.6 is 0 Å². The quantitative estimate of drug-likeness (QED) is 0.520. The lowest BCUT2D eigenvalue weighted by Crippen LogP contribution is -2.44. The largest absolute Gasteiger partial charge is 0.349 e. The van der Waals surface area contributed by atoms with Crippen molar-refractivity contribution in [3.8, 4) is 0 Å². The zero-order chi connectivity index (χ0) is 23.8. The number of carbonyl (C=O) groups is 2. The fourth-order valence-corrected chi connectivity index (χ4v) is 4.86. The SMILES string of the molecule is CCCN1CCC(NC(=O)c2ccc(CNS(=O)(=O)c3ccc(NC(C)=O)cc3)cc2)CC1. The minimum absolute atomic E-state index is 0.102. The van der Waals surface area contributed by atoms with Crippen molar-refractivity contribution < 1.29 is 18.0 Å². The number of amides is 2. The molecule has 0 atom stereocenters. The number of carbonyl (C=O) groups excluding carboxylic acids is 2. The molecule has 1 fully saturated rings. The van der Waals surface area contributed by atoms with Gasteiger partial charge in [0.15, 0.2) is 0 Å². The first-order valence-electron chi connectivity index (χ1n) is 11.3. The van der Waals surface area contributed by atoms with Crippen molar-refractivity contribution in [2.45, 2.75) is 50.6 Å². The molecule has 0 saturated carbocycles. The first kappa shape index (κ1) is 24.9. The van der Waals surface area contributed by atoms with Crippen LogP contribution in [0.25, 0.3) is 0 Å². The van der Waals surface area contributed by atoms with Gasteiger partial charge in [-0.2, -0.15) is 0 Å². The summed E-state index contributed by atoms with van der Waals surface area (Å²) >= 11 is 0. The van der Waals surface area contributed by atoms with Crippen LogP contribution in [0, 0.1) is 0 Å². The summed E-state index contributed by atoms with van der Waals surface area (Å²) in [6.07, 6.45) is 3.05. The van der Waals surface area contributed by atoms with Crippen LogP contribution in [0.1, 0.15) is 49.0 Å². The van der Waals surface area contributed by atoms with Crippen molar-refractivity contribution >= 4 is 27.5 Å². The maximum absolute atomic E-state index is 12.6. The molecule has 2 aromatic carbocycles. The Bertz CT molecular complexity index is 1040. The number of hydrogen-bond donors (Lipinski definition) is 3. The maximum Gasteiger partial charge on any atom is 0.251 e. The molecule has 0 spiro atoms. The third-order valence-corrected chi connectivity index (χ3v) is 7.05. The van der Waals surface area contributed by atoms with Gasteiger partial charge in [-0.05, 0) is 67.8 Å². The molecule has 0 aromatic heterocycles. The Labute approximate surface area is 195 Å². The van der Waals surface area contributed by atoms with Gasteiger partial charge in [0, 0.05) is 43.9 Å². The number of likely N-dealkylation sites (tertiary alicyclic amines) is 1. The van der Waals surface area contributed by atoms with Crippen molar-refractivity contribution in [2.75, 3.05) is 25.0 Å². The zero-order valence-electron chi connectivity index (χ0n) is 19.1. The summed E-state index contributed by atoms with van der Waals surface area (Å²) in [7, 11) is -3.70. The molecule has 2 aromatic rings. The van der Waals surface area contributed by atoms with Gasteiger partial charge in [0.2, 0.25) is 15.9 Å². The fourth-order valence-electron chi connectivity index (χ4n) is 3.84. The van der Waals surface area contributed by atoms with Gasteiger partial charge < -0.3 is 15.5 Å². The number of hydrogen-bond acceptors (Lipinski definition) is 5. The summed E-state index contributed by atoms with van der Waals surface area (Å²) in [5, 5.41) is 5.71. The lowest BCUT2D eigenvalue weighted by molar-refractivity contribution is -0.114. The minimum Gasteiger partial charge on any atom is -0.349 e. The molecule has 8 nitrogen and oxygen atoms in total. The number of nitrogens with one attached hydrogen (secondary N) is 3. The van der Waals surface area contributed by atoms with E-state index in [-0.39, 0.29) is 29.3 Å². The third-order valence-electron chi connectivity index (χ3n) is 5.63. The minimum atomic E-state index is -3.70. The Morgan fingerprint density at radius 2 is 1.64 bits per heavy atom. The van der Waals surface area contributed by atoms with Gasteiger partial charge in [0.1, 0.15) is 0 Å². The summed E-state index contributed by atoms with van der Waals surface area (Å²) in [4.78, 5) is 26.2. The van der Waals surface area contributed by atoms with Crippen LogP contribution < -0.4 is 15.4 Å². The van der Waals surface area contributed by atoms with E-state index >= 15 is 0 Å². The first-order valence-corrected chi connectivity index (χ1v) is 12.7. The number of sulfonamides is 1. The number of benzene rings is 2. The molecule has 0 radical (unpaired) electrons. The highest BCUT2D eigenvalue weighted by molar-refractivity contribution is 7.89. The van der Waals surface area contributed by atoms with Crippen molar-refractivity contribution in [1.82, 2.24) is 14.9 Å². The number of nitrogens with zero attached hydrogens (tertiary/aromatic N) is 1. The van der Waals surface area contributed by atoms with Crippen LogP contribution in [-0.2, 0) is 21.4 Å². The van der Waals surface area contributed by atoms with Crippen LogP contribution in [0.4, 0.5) is 5.69 Å². The molecule has 33 heavy (non-hydrogen) atoms. The molecular formula is C24H32N4O4S. The molecule has 3 N–H and O–H groups in total. The topological polar surface area (TPSA) is 108 Å². The third kappa shape index (κ3) is 7.38. The van der Waals surface area contributed by atoms with E-state index in [4.69, 9.17) is 0 Å². The lowest BCUT2D eigenvalue weighted by atomic mass is 10.0. The average Bonchev–Trinajstić information content (AvgIpc) is 2.79. The molecule has 2 amide bonds. The zero-order valence-corrected chi connectivity index (χ0v) is 20.0. The molecule has 1 saturated heterocycles. The van der Waals surface area contributed by atoms with Gasteiger partial charge in [-0.15, -0.1) is 0 Å². The molecule has 0 aliphatic carbocycles. The molecule has 178 valence electrons. The smallest absolute Gasteiger partial charge is 0.251 e. The van der Waals surface area contributed by atoms with E-state index in [0.29, 0.717) is 11.3 Å². The van der Waals surface area contributed by atoms with E-state index in [2.05, 4.69) is 27.2 Å². The molecule has 0 bridgehead atoms. The molecule has 1 aliphatic heterocycles.